The Balaban J connectivity index is 1.96. The Hall–Kier alpha value is -1.46. The van der Waals surface area contributed by atoms with Crippen LogP contribution < -0.4 is 10.1 Å². The molecule has 0 saturated carbocycles. The van der Waals surface area contributed by atoms with Crippen molar-refractivity contribution in [2.24, 2.45) is 5.92 Å². The Morgan fingerprint density at radius 2 is 1.95 bits per heavy atom. The van der Waals surface area contributed by atoms with Gasteiger partial charge in [-0.3, -0.25) is 4.98 Å². The van der Waals surface area contributed by atoms with E-state index in [2.05, 4.69) is 45.1 Å². The zero-order chi connectivity index (χ0) is 14.4. The second-order valence-electron chi connectivity index (χ2n) is 4.93. The molecule has 2 aromatic rings. The van der Waals surface area contributed by atoms with Gasteiger partial charge in [0.15, 0.2) is 0 Å². The van der Waals surface area contributed by atoms with E-state index in [1.807, 2.05) is 24.3 Å². The molecule has 1 N–H and O–H groups in total. The van der Waals surface area contributed by atoms with Gasteiger partial charge < -0.3 is 10.1 Å². The molecular formula is C15H18BrN3O. The maximum Gasteiger partial charge on any atom is 0.238 e. The molecule has 0 saturated heterocycles. The highest BCUT2D eigenvalue weighted by atomic mass is 79.9. The molecule has 2 rings (SSSR count). The monoisotopic (exact) mass is 335 g/mol. The third kappa shape index (κ3) is 4.90. The third-order valence-electron chi connectivity index (χ3n) is 2.56. The molecule has 1 heterocycles. The number of benzene rings is 1. The van der Waals surface area contributed by atoms with E-state index in [1.54, 1.807) is 12.4 Å². The van der Waals surface area contributed by atoms with Crippen molar-refractivity contribution in [2.75, 3.05) is 6.54 Å². The fourth-order valence-corrected chi connectivity index (χ4v) is 1.90. The molecule has 0 aliphatic heterocycles. The summed E-state index contributed by atoms with van der Waals surface area (Å²) in [5, 5.41) is 3.34. The third-order valence-corrected chi connectivity index (χ3v) is 3.09. The first-order chi connectivity index (χ1) is 9.63. The largest absolute Gasteiger partial charge is 0.437 e. The quantitative estimate of drug-likeness (QED) is 0.872. The number of hydrogen-bond acceptors (Lipinski definition) is 4. The van der Waals surface area contributed by atoms with Gasteiger partial charge in [0.1, 0.15) is 5.75 Å². The van der Waals surface area contributed by atoms with Crippen molar-refractivity contribution in [3.63, 3.8) is 0 Å². The number of halogens is 1. The molecule has 20 heavy (non-hydrogen) atoms. The van der Waals surface area contributed by atoms with Crippen LogP contribution in [0.1, 0.15) is 19.5 Å². The van der Waals surface area contributed by atoms with Gasteiger partial charge in [-0.25, -0.2) is 4.98 Å². The first kappa shape index (κ1) is 14.9. The second-order valence-corrected chi connectivity index (χ2v) is 5.85. The molecule has 0 aliphatic carbocycles. The van der Waals surface area contributed by atoms with Gasteiger partial charge in [-0.2, -0.15) is 0 Å². The van der Waals surface area contributed by atoms with E-state index in [1.165, 1.54) is 0 Å². The Labute approximate surface area is 127 Å². The summed E-state index contributed by atoms with van der Waals surface area (Å²) < 4.78 is 6.70. The number of aromatic nitrogens is 2. The van der Waals surface area contributed by atoms with E-state index in [9.17, 15) is 0 Å². The van der Waals surface area contributed by atoms with Crippen LogP contribution in [0.15, 0.2) is 41.1 Å². The van der Waals surface area contributed by atoms with Gasteiger partial charge in [0.25, 0.3) is 0 Å². The van der Waals surface area contributed by atoms with E-state index in [4.69, 9.17) is 4.74 Å². The molecule has 0 bridgehead atoms. The summed E-state index contributed by atoms with van der Waals surface area (Å²) in [6.07, 6.45) is 3.37. The van der Waals surface area contributed by atoms with Crippen molar-refractivity contribution >= 4 is 15.9 Å². The molecule has 106 valence electrons. The molecular weight excluding hydrogens is 318 g/mol. The van der Waals surface area contributed by atoms with Gasteiger partial charge in [0.05, 0.1) is 11.9 Å². The summed E-state index contributed by atoms with van der Waals surface area (Å²) in [5.74, 6) is 1.87. The van der Waals surface area contributed by atoms with Crippen LogP contribution in [0.4, 0.5) is 0 Å². The molecule has 0 amide bonds. The van der Waals surface area contributed by atoms with Crippen LogP contribution in [0.5, 0.6) is 11.6 Å². The Kier molecular flexibility index (Phi) is 5.49. The number of rotatable bonds is 6. The van der Waals surface area contributed by atoms with Gasteiger partial charge in [0, 0.05) is 17.2 Å². The predicted molar refractivity (Wildman–Crippen MR) is 82.8 cm³/mol. The Bertz CT molecular complexity index is 543. The minimum absolute atomic E-state index is 0.510. The number of hydrogen-bond donors (Lipinski definition) is 1. The van der Waals surface area contributed by atoms with Crippen molar-refractivity contribution in [2.45, 2.75) is 20.4 Å². The maximum absolute atomic E-state index is 5.68. The lowest BCUT2D eigenvalue weighted by molar-refractivity contribution is 0.455. The van der Waals surface area contributed by atoms with E-state index in [-0.39, 0.29) is 0 Å². The van der Waals surface area contributed by atoms with Crippen LogP contribution in [-0.2, 0) is 6.54 Å². The van der Waals surface area contributed by atoms with Crippen LogP contribution in [0.3, 0.4) is 0 Å². The lowest BCUT2D eigenvalue weighted by atomic mass is 10.2. The van der Waals surface area contributed by atoms with Crippen molar-refractivity contribution in [1.29, 1.82) is 0 Å². The van der Waals surface area contributed by atoms with Crippen LogP contribution in [0.2, 0.25) is 0 Å². The SMILES string of the molecule is CC(C)CNCc1cncc(Oc2ccc(Br)cc2)n1. The standard InChI is InChI=1S/C15H18BrN3O/c1-11(2)7-17-8-13-9-18-10-15(19-13)20-14-5-3-12(16)4-6-14/h3-6,9-11,17H,7-8H2,1-2H3. The Morgan fingerprint density at radius 1 is 1.20 bits per heavy atom. The fraction of sp³-hybridized carbons (Fsp3) is 0.333. The molecule has 0 atom stereocenters. The first-order valence-corrected chi connectivity index (χ1v) is 7.38. The van der Waals surface area contributed by atoms with Gasteiger partial charge in [0.2, 0.25) is 5.88 Å². The van der Waals surface area contributed by atoms with E-state index >= 15 is 0 Å². The molecule has 0 unspecified atom stereocenters. The molecule has 0 aliphatic rings. The molecule has 1 aromatic carbocycles. The molecule has 0 radical (unpaired) electrons. The average Bonchev–Trinajstić information content (AvgIpc) is 2.41. The summed E-state index contributed by atoms with van der Waals surface area (Å²) in [6, 6.07) is 7.62. The fourth-order valence-electron chi connectivity index (χ4n) is 1.63. The zero-order valence-electron chi connectivity index (χ0n) is 11.6. The van der Waals surface area contributed by atoms with Gasteiger partial charge in [-0.05, 0) is 36.7 Å². The summed E-state index contributed by atoms with van der Waals surface area (Å²) in [6.45, 7) is 6.00. The minimum Gasteiger partial charge on any atom is -0.437 e. The average molecular weight is 336 g/mol. The highest BCUT2D eigenvalue weighted by Crippen LogP contribution is 2.21. The highest BCUT2D eigenvalue weighted by Gasteiger charge is 2.02. The highest BCUT2D eigenvalue weighted by molar-refractivity contribution is 9.10. The second kappa shape index (κ2) is 7.36. The minimum atomic E-state index is 0.510. The predicted octanol–water partition coefficient (Wildman–Crippen LogP) is 3.78. The topological polar surface area (TPSA) is 47.0 Å². The lowest BCUT2D eigenvalue weighted by Crippen LogP contribution is -2.19. The number of ether oxygens (including phenoxy) is 1. The lowest BCUT2D eigenvalue weighted by Gasteiger charge is -2.08. The smallest absolute Gasteiger partial charge is 0.238 e. The van der Waals surface area contributed by atoms with Crippen LogP contribution >= 0.6 is 15.9 Å². The summed E-state index contributed by atoms with van der Waals surface area (Å²) in [7, 11) is 0. The maximum atomic E-state index is 5.68. The summed E-state index contributed by atoms with van der Waals surface area (Å²) in [4.78, 5) is 8.59. The summed E-state index contributed by atoms with van der Waals surface area (Å²) in [5.41, 5.74) is 0.875. The molecule has 0 fully saturated rings. The molecule has 0 spiro atoms. The van der Waals surface area contributed by atoms with Crippen LogP contribution in [0, 0.1) is 5.92 Å². The molecule has 5 heteroatoms. The van der Waals surface area contributed by atoms with Crippen LogP contribution in [-0.4, -0.2) is 16.5 Å². The van der Waals surface area contributed by atoms with Gasteiger partial charge in [-0.1, -0.05) is 29.8 Å². The van der Waals surface area contributed by atoms with Gasteiger partial charge >= 0.3 is 0 Å². The van der Waals surface area contributed by atoms with E-state index in [0.29, 0.717) is 18.3 Å². The van der Waals surface area contributed by atoms with Gasteiger partial charge in [-0.15, -0.1) is 0 Å². The normalized spacial score (nSPS) is 10.8. The summed E-state index contributed by atoms with van der Waals surface area (Å²) >= 11 is 3.39. The van der Waals surface area contributed by atoms with Crippen molar-refractivity contribution < 1.29 is 4.74 Å². The van der Waals surface area contributed by atoms with Crippen molar-refractivity contribution in [3.05, 3.63) is 46.8 Å². The Morgan fingerprint density at radius 3 is 2.65 bits per heavy atom. The molecule has 1 aromatic heterocycles. The van der Waals surface area contributed by atoms with E-state index in [0.717, 1.165) is 22.5 Å². The first-order valence-electron chi connectivity index (χ1n) is 6.58. The number of nitrogens with zero attached hydrogens (tertiary/aromatic N) is 2. The zero-order valence-corrected chi connectivity index (χ0v) is 13.2. The van der Waals surface area contributed by atoms with E-state index < -0.39 is 0 Å². The van der Waals surface area contributed by atoms with Crippen LogP contribution in [0.25, 0.3) is 0 Å². The van der Waals surface area contributed by atoms with Crippen molar-refractivity contribution in [1.82, 2.24) is 15.3 Å². The number of nitrogens with one attached hydrogen (secondary N) is 1. The van der Waals surface area contributed by atoms with Crippen molar-refractivity contribution in [3.8, 4) is 11.6 Å². The molecule has 4 nitrogen and oxygen atoms in total.